The van der Waals surface area contributed by atoms with E-state index in [0.29, 0.717) is 0 Å². The zero-order valence-electron chi connectivity index (χ0n) is 8.20. The van der Waals surface area contributed by atoms with Gasteiger partial charge in [0.05, 0.1) is 6.10 Å². The lowest BCUT2D eigenvalue weighted by Crippen LogP contribution is -2.21. The molecule has 0 rings (SSSR count). The molecule has 0 aromatic carbocycles. The molecule has 0 saturated heterocycles. The van der Waals surface area contributed by atoms with E-state index in [2.05, 4.69) is 0 Å². The highest BCUT2D eigenvalue weighted by atomic mass is 31.2. The van der Waals surface area contributed by atoms with E-state index in [1.54, 1.807) is 27.9 Å². The molecule has 0 spiro atoms. The molecule has 0 N–H and O–H groups in total. The summed E-state index contributed by atoms with van der Waals surface area (Å²) in [7, 11) is 0.00662. The van der Waals surface area contributed by atoms with Crippen molar-refractivity contribution in [1.29, 1.82) is 0 Å². The van der Waals surface area contributed by atoms with Gasteiger partial charge in [-0.05, 0) is 13.8 Å². The molecule has 0 aromatic rings. The number of carbonyl (C=O) groups is 1. The lowest BCUT2D eigenvalue weighted by Gasteiger charge is -2.19. The van der Waals surface area contributed by atoms with Crippen LogP contribution in [0.5, 0.6) is 0 Å². The molecule has 0 aromatic heterocycles. The summed E-state index contributed by atoms with van der Waals surface area (Å²) in [5, 5.41) is 0. The smallest absolute Gasteiger partial charge is 0.307 e. The molecule has 0 unspecified atom stereocenters. The maximum atomic E-state index is 11.6. The summed E-state index contributed by atoms with van der Waals surface area (Å²) >= 11 is 0. The molecule has 0 fully saturated rings. The summed E-state index contributed by atoms with van der Waals surface area (Å²) in [6.45, 7) is 4.84. The summed E-state index contributed by atoms with van der Waals surface area (Å²) in [5.74, 6) is 0. The van der Waals surface area contributed by atoms with E-state index >= 15 is 0 Å². The van der Waals surface area contributed by atoms with Crippen LogP contribution in [0.2, 0.25) is 0 Å². The SMILES string of the molecule is CC(C)O[P@@](C)(=O)C(=O)N(C)C. The molecule has 4 nitrogen and oxygen atoms in total. The van der Waals surface area contributed by atoms with Crippen LogP contribution in [0.4, 0.5) is 4.79 Å². The molecule has 0 radical (unpaired) electrons. The molecule has 72 valence electrons. The number of rotatable bonds is 3. The van der Waals surface area contributed by atoms with E-state index in [4.69, 9.17) is 4.52 Å². The van der Waals surface area contributed by atoms with E-state index in [0.717, 1.165) is 0 Å². The Hall–Kier alpha value is -0.340. The van der Waals surface area contributed by atoms with E-state index in [1.165, 1.54) is 11.6 Å². The zero-order chi connectivity index (χ0) is 9.94. The number of hydrogen-bond acceptors (Lipinski definition) is 3. The summed E-state index contributed by atoms with van der Waals surface area (Å²) in [4.78, 5) is 12.5. The lowest BCUT2D eigenvalue weighted by atomic mass is 10.5. The predicted octanol–water partition coefficient (Wildman–Crippen LogP) is 2.00. The molecule has 0 heterocycles. The van der Waals surface area contributed by atoms with Gasteiger partial charge in [0.2, 0.25) is 0 Å². The van der Waals surface area contributed by atoms with Gasteiger partial charge in [0.1, 0.15) is 0 Å². The Bertz CT molecular complexity index is 213. The van der Waals surface area contributed by atoms with Crippen molar-refractivity contribution in [2.75, 3.05) is 20.8 Å². The Kier molecular flexibility index (Phi) is 3.94. The van der Waals surface area contributed by atoms with Crippen LogP contribution in [-0.2, 0) is 9.09 Å². The third kappa shape index (κ3) is 3.37. The van der Waals surface area contributed by atoms with Gasteiger partial charge in [0.25, 0.3) is 7.37 Å². The van der Waals surface area contributed by atoms with Crippen LogP contribution in [-0.4, -0.2) is 37.4 Å². The van der Waals surface area contributed by atoms with Gasteiger partial charge in [-0.1, -0.05) is 0 Å². The van der Waals surface area contributed by atoms with E-state index in [9.17, 15) is 9.36 Å². The van der Waals surface area contributed by atoms with Crippen LogP contribution in [0.15, 0.2) is 0 Å². The monoisotopic (exact) mass is 193 g/mol. The van der Waals surface area contributed by atoms with Crippen LogP contribution in [0.25, 0.3) is 0 Å². The highest BCUT2D eigenvalue weighted by Gasteiger charge is 2.29. The average Bonchev–Trinajstić information content (AvgIpc) is 1.82. The molecule has 0 aliphatic rings. The van der Waals surface area contributed by atoms with Gasteiger partial charge in [0.15, 0.2) is 0 Å². The van der Waals surface area contributed by atoms with E-state index < -0.39 is 13.0 Å². The maximum Gasteiger partial charge on any atom is 0.307 e. The number of hydrogen-bond donors (Lipinski definition) is 0. The summed E-state index contributed by atoms with van der Waals surface area (Å²) in [6, 6.07) is 0. The quantitative estimate of drug-likeness (QED) is 0.644. The van der Waals surface area contributed by atoms with Crippen LogP contribution in [0.3, 0.4) is 0 Å². The van der Waals surface area contributed by atoms with Crippen molar-refractivity contribution in [3.05, 3.63) is 0 Å². The highest BCUT2D eigenvalue weighted by molar-refractivity contribution is 7.75. The van der Waals surface area contributed by atoms with Crippen LogP contribution in [0, 0.1) is 0 Å². The highest BCUT2D eigenvalue weighted by Crippen LogP contribution is 2.45. The molecule has 5 heteroatoms. The van der Waals surface area contributed by atoms with Gasteiger partial charge in [-0.3, -0.25) is 9.36 Å². The van der Waals surface area contributed by atoms with Gasteiger partial charge in [0, 0.05) is 20.8 Å². The van der Waals surface area contributed by atoms with Gasteiger partial charge in [-0.2, -0.15) is 0 Å². The van der Waals surface area contributed by atoms with Crippen LogP contribution in [0.1, 0.15) is 13.8 Å². The number of nitrogens with zero attached hydrogens (tertiary/aromatic N) is 1. The van der Waals surface area contributed by atoms with E-state index in [-0.39, 0.29) is 6.10 Å². The first-order chi connectivity index (χ1) is 5.27. The first kappa shape index (κ1) is 11.7. The third-order valence-corrected chi connectivity index (χ3v) is 3.06. The first-order valence-corrected chi connectivity index (χ1v) is 5.82. The topological polar surface area (TPSA) is 46.6 Å². The second-order valence-corrected chi connectivity index (χ2v) is 5.46. The predicted molar refractivity (Wildman–Crippen MR) is 48.8 cm³/mol. The molecule has 0 bridgehead atoms. The Labute approximate surface area is 73.3 Å². The molecule has 0 saturated carbocycles. The minimum absolute atomic E-state index is 0.190. The molecule has 1 atom stereocenters. The lowest BCUT2D eigenvalue weighted by molar-refractivity contribution is 0.216. The fourth-order valence-electron chi connectivity index (χ4n) is 0.811. The number of amides is 1. The van der Waals surface area contributed by atoms with Crippen molar-refractivity contribution in [1.82, 2.24) is 4.90 Å². The molecule has 0 aliphatic heterocycles. The van der Waals surface area contributed by atoms with Gasteiger partial charge in [-0.15, -0.1) is 0 Å². The molecule has 12 heavy (non-hydrogen) atoms. The van der Waals surface area contributed by atoms with Crippen molar-refractivity contribution in [2.45, 2.75) is 20.0 Å². The normalized spacial score (nSPS) is 15.8. The Morgan fingerprint density at radius 3 is 2.08 bits per heavy atom. The summed E-state index contributed by atoms with van der Waals surface area (Å²) in [5.41, 5.74) is -0.448. The largest absolute Gasteiger partial charge is 0.340 e. The maximum absolute atomic E-state index is 11.6. The van der Waals surface area contributed by atoms with Crippen molar-refractivity contribution in [3.8, 4) is 0 Å². The van der Waals surface area contributed by atoms with Gasteiger partial charge < -0.3 is 9.42 Å². The second kappa shape index (κ2) is 4.06. The first-order valence-electron chi connectivity index (χ1n) is 3.75. The molecule has 0 aliphatic carbocycles. The fraction of sp³-hybridized carbons (Fsp3) is 0.857. The van der Waals surface area contributed by atoms with Gasteiger partial charge >= 0.3 is 5.65 Å². The summed E-state index contributed by atoms with van der Waals surface area (Å²) in [6.07, 6.45) is -0.190. The van der Waals surface area contributed by atoms with Gasteiger partial charge in [-0.25, -0.2) is 0 Å². The van der Waals surface area contributed by atoms with Crippen molar-refractivity contribution >= 4 is 13.0 Å². The third-order valence-electron chi connectivity index (χ3n) is 1.14. The van der Waals surface area contributed by atoms with Crippen molar-refractivity contribution in [2.24, 2.45) is 0 Å². The van der Waals surface area contributed by atoms with Crippen molar-refractivity contribution in [3.63, 3.8) is 0 Å². The second-order valence-electron chi connectivity index (χ2n) is 3.18. The minimum atomic E-state index is -3.11. The van der Waals surface area contributed by atoms with Crippen LogP contribution >= 0.6 is 7.37 Å². The zero-order valence-corrected chi connectivity index (χ0v) is 9.09. The fourth-order valence-corrected chi connectivity index (χ4v) is 2.43. The minimum Gasteiger partial charge on any atom is -0.340 e. The molecular weight excluding hydrogens is 177 g/mol. The van der Waals surface area contributed by atoms with E-state index in [1.807, 2.05) is 0 Å². The molecule has 1 amide bonds. The van der Waals surface area contributed by atoms with Crippen LogP contribution < -0.4 is 0 Å². The Morgan fingerprint density at radius 2 is 1.83 bits per heavy atom. The van der Waals surface area contributed by atoms with Crippen molar-refractivity contribution < 1.29 is 13.9 Å². The summed E-state index contributed by atoms with van der Waals surface area (Å²) < 4.78 is 16.6. The standard InChI is InChI=1S/C7H16NO3P/c1-6(2)11-12(5,10)7(9)8(3)4/h6H,1-5H3/t12-/m1/s1. The molecular formula is C7H16NO3P. The average molecular weight is 193 g/mol. The Balaban J connectivity index is 4.41. The number of carbonyl (C=O) groups excluding carboxylic acids is 1. The Morgan fingerprint density at radius 1 is 1.42 bits per heavy atom.